The molecule has 0 aromatic carbocycles. The molecule has 1 aliphatic heterocycles. The van der Waals surface area contributed by atoms with Crippen molar-refractivity contribution in [1.82, 2.24) is 4.98 Å². The van der Waals surface area contributed by atoms with Gasteiger partial charge < -0.3 is 22.6 Å². The normalized spacial score (nSPS) is 17.1. The van der Waals surface area contributed by atoms with Gasteiger partial charge in [-0.3, -0.25) is 0 Å². The molecule has 84 valence electrons. The van der Waals surface area contributed by atoms with Gasteiger partial charge in [0.15, 0.2) is 5.13 Å². The molecular weight excluding hydrogens is 267 g/mol. The van der Waals surface area contributed by atoms with E-state index in [4.69, 9.17) is 4.74 Å². The molecule has 2 heterocycles. The molecule has 16 heavy (non-hydrogen) atoms. The number of nitrogens with zero attached hydrogens (tertiary/aromatic N) is 2. The summed E-state index contributed by atoms with van der Waals surface area (Å²) in [5.41, 5.74) is 0. The van der Waals surface area contributed by atoms with Crippen molar-refractivity contribution in [3.8, 4) is 0 Å². The molecule has 0 N–H and O–H groups in total. The van der Waals surface area contributed by atoms with Gasteiger partial charge in [-0.15, -0.1) is 11.3 Å². The molecule has 0 saturated carbocycles. The maximum absolute atomic E-state index is 12.4. The van der Waals surface area contributed by atoms with E-state index in [2.05, 4.69) is 4.98 Å². The number of anilines is 1. The average Bonchev–Trinajstić information content (AvgIpc) is 2.67. The molecule has 2 rings (SSSR count). The second-order valence-electron chi connectivity index (χ2n) is 3.22. The second kappa shape index (κ2) is 6.17. The molecule has 0 unspecified atom stereocenters. The van der Waals surface area contributed by atoms with Gasteiger partial charge in [-0.2, -0.15) is 0 Å². The molecule has 0 amide bonds. The van der Waals surface area contributed by atoms with E-state index in [0.717, 1.165) is 6.20 Å². The third-order valence-electron chi connectivity index (χ3n) is 2.12. The third kappa shape index (κ3) is 3.69. The van der Waals surface area contributed by atoms with Gasteiger partial charge in [0.2, 0.25) is 0 Å². The van der Waals surface area contributed by atoms with Crippen LogP contribution in [0.25, 0.3) is 0 Å². The Bertz CT molecular complexity index is 343. The Kier molecular flexibility index (Phi) is 5.76. The number of morpholine rings is 1. The van der Waals surface area contributed by atoms with Crippen molar-refractivity contribution >= 4 is 28.2 Å². The first kappa shape index (κ1) is 14.9. The van der Waals surface area contributed by atoms with Crippen molar-refractivity contribution in [2.24, 2.45) is 0 Å². The fraction of sp³-hybridized carbons (Fsp3) is 0.571. The molecule has 1 saturated heterocycles. The van der Waals surface area contributed by atoms with Crippen LogP contribution in [0.15, 0.2) is 6.20 Å². The van der Waals surface area contributed by atoms with Crippen LogP contribution < -0.4 is 61.1 Å². The van der Waals surface area contributed by atoms with Crippen LogP contribution in [0.2, 0.25) is 0 Å². The third-order valence-corrected chi connectivity index (χ3v) is 3.27. The maximum atomic E-state index is 12.4. The smallest absolute Gasteiger partial charge is 0.444 e. The maximum Gasteiger partial charge on any atom is 1.00 e. The van der Waals surface area contributed by atoms with Gasteiger partial charge in [0.05, 0.1) is 13.2 Å². The van der Waals surface area contributed by atoms with Crippen LogP contribution in [0.3, 0.4) is 0 Å². The number of thiazole rings is 1. The van der Waals surface area contributed by atoms with Crippen LogP contribution in [0.5, 0.6) is 0 Å². The summed E-state index contributed by atoms with van der Waals surface area (Å²) in [6.45, 7) is -2.60. The molecule has 0 atom stereocenters. The van der Waals surface area contributed by atoms with E-state index in [9.17, 15) is 12.9 Å². The van der Waals surface area contributed by atoms with Crippen LogP contribution >= 0.6 is 11.3 Å². The minimum atomic E-state index is -4.91. The number of hydrogen-bond acceptors (Lipinski definition) is 4. The van der Waals surface area contributed by atoms with Gasteiger partial charge in [0, 0.05) is 19.3 Å². The van der Waals surface area contributed by atoms with E-state index < -0.39 is 11.8 Å². The molecule has 0 bridgehead atoms. The Hall–Kier alpha value is 0.881. The van der Waals surface area contributed by atoms with Crippen molar-refractivity contribution in [2.75, 3.05) is 31.2 Å². The van der Waals surface area contributed by atoms with E-state index in [1.54, 1.807) is 0 Å². The van der Waals surface area contributed by atoms with Gasteiger partial charge in [-0.05, 0) is 4.78 Å². The van der Waals surface area contributed by atoms with E-state index in [0.29, 0.717) is 42.8 Å². The van der Waals surface area contributed by atoms with E-state index in [-0.39, 0.29) is 51.4 Å². The van der Waals surface area contributed by atoms with E-state index in [1.807, 2.05) is 4.90 Å². The number of hydrogen-bond donors (Lipinski definition) is 0. The predicted octanol–water partition coefficient (Wildman–Crippen LogP) is -1.96. The van der Waals surface area contributed by atoms with Crippen molar-refractivity contribution in [3.63, 3.8) is 0 Å². The molecule has 0 aliphatic carbocycles. The summed E-state index contributed by atoms with van der Waals surface area (Å²) in [7, 11) is 0. The monoisotopic (exact) mass is 276 g/mol. The molecule has 1 aliphatic rings. The minimum Gasteiger partial charge on any atom is -0.444 e. The number of rotatable bonds is 2. The Morgan fingerprint density at radius 2 is 1.94 bits per heavy atom. The zero-order valence-electron chi connectivity index (χ0n) is 8.83. The van der Waals surface area contributed by atoms with Crippen molar-refractivity contribution in [3.05, 3.63) is 6.20 Å². The van der Waals surface area contributed by atoms with E-state index >= 15 is 0 Å². The average molecular weight is 276 g/mol. The quantitative estimate of drug-likeness (QED) is 0.586. The summed E-state index contributed by atoms with van der Waals surface area (Å²) in [6.07, 6.45) is 0.912. The van der Waals surface area contributed by atoms with Gasteiger partial charge in [0.1, 0.15) is 0 Å². The summed E-state index contributed by atoms with van der Waals surface area (Å²) >= 11 is 0.708. The molecule has 1 aromatic rings. The van der Waals surface area contributed by atoms with Crippen molar-refractivity contribution in [1.29, 1.82) is 0 Å². The fourth-order valence-electron chi connectivity index (χ4n) is 1.33. The second-order valence-corrected chi connectivity index (χ2v) is 4.26. The standard InChI is InChI=1S/C7H9BF3N2OS.K/c9-8(10,11)6-5-12-7(15-6)13-1-3-14-4-2-13;/h5H,1-4H2;/q-1;+1. The number of halogens is 3. The van der Waals surface area contributed by atoms with Gasteiger partial charge >= 0.3 is 58.4 Å². The molecule has 1 fully saturated rings. The van der Waals surface area contributed by atoms with Crippen molar-refractivity contribution < 1.29 is 69.1 Å². The number of aromatic nitrogens is 1. The van der Waals surface area contributed by atoms with Crippen LogP contribution in [0.4, 0.5) is 18.1 Å². The van der Waals surface area contributed by atoms with Gasteiger partial charge in [-0.1, -0.05) is 0 Å². The molecule has 3 nitrogen and oxygen atoms in total. The summed E-state index contributed by atoms with van der Waals surface area (Å²) in [6, 6.07) is 0. The molecule has 1 aromatic heterocycles. The summed E-state index contributed by atoms with van der Waals surface area (Å²) in [5, 5.41) is 0.438. The topological polar surface area (TPSA) is 25.4 Å². The van der Waals surface area contributed by atoms with Crippen LogP contribution in [0.1, 0.15) is 0 Å². The molecule has 0 spiro atoms. The van der Waals surface area contributed by atoms with E-state index in [1.165, 1.54) is 0 Å². The largest absolute Gasteiger partial charge is 1.00 e. The SMILES string of the molecule is F[B-](F)(F)c1cnc(N2CCOCC2)s1.[K+]. The molecule has 9 heteroatoms. The summed E-state index contributed by atoms with van der Waals surface area (Å²) in [4.78, 5) is 5.61. The Morgan fingerprint density at radius 1 is 1.31 bits per heavy atom. The minimum absolute atomic E-state index is 0. The van der Waals surface area contributed by atoms with Gasteiger partial charge in [0.25, 0.3) is 0 Å². The van der Waals surface area contributed by atoms with Gasteiger partial charge in [-0.25, -0.2) is 4.98 Å². The first-order chi connectivity index (χ1) is 7.07. The fourth-order valence-corrected chi connectivity index (χ4v) is 2.20. The van der Waals surface area contributed by atoms with Crippen LogP contribution in [0, 0.1) is 0 Å². The molecular formula is C7H9BF3KN2OS. The van der Waals surface area contributed by atoms with Crippen LogP contribution in [-0.4, -0.2) is 38.3 Å². The van der Waals surface area contributed by atoms with Crippen LogP contribution in [-0.2, 0) is 4.74 Å². The summed E-state index contributed by atoms with van der Waals surface area (Å²) in [5.74, 6) is 0. The molecule has 0 radical (unpaired) electrons. The zero-order valence-corrected chi connectivity index (χ0v) is 12.8. The Labute approximate surface area is 138 Å². The first-order valence-corrected chi connectivity index (χ1v) is 5.37. The predicted molar refractivity (Wildman–Crippen MR) is 53.9 cm³/mol. The summed E-state index contributed by atoms with van der Waals surface area (Å²) < 4.78 is 41.6. The Morgan fingerprint density at radius 3 is 2.44 bits per heavy atom. The zero-order chi connectivity index (χ0) is 10.9. The number of ether oxygens (including phenoxy) is 1. The Balaban J connectivity index is 0.00000128. The van der Waals surface area contributed by atoms with Crippen molar-refractivity contribution in [2.45, 2.75) is 0 Å². The first-order valence-electron chi connectivity index (χ1n) is 4.56.